The lowest BCUT2D eigenvalue weighted by Gasteiger charge is -2.32. The van der Waals surface area contributed by atoms with E-state index in [0.29, 0.717) is 6.04 Å². The van der Waals surface area contributed by atoms with Crippen molar-refractivity contribution in [3.05, 3.63) is 0 Å². The average Bonchev–Trinajstić information content (AvgIpc) is 2.11. The molecule has 2 N–H and O–H groups in total. The van der Waals surface area contributed by atoms with Crippen LogP contribution < -0.4 is 5.73 Å². The first-order chi connectivity index (χ1) is 6.24. The number of hydrogen-bond acceptors (Lipinski definition) is 1. The van der Waals surface area contributed by atoms with Gasteiger partial charge in [-0.1, -0.05) is 6.92 Å². The maximum absolute atomic E-state index is 5.95. The molecule has 0 spiro atoms. The molecule has 1 aliphatic carbocycles. The lowest BCUT2D eigenvalue weighted by Crippen LogP contribution is -2.32. The molecule has 0 bridgehead atoms. The van der Waals surface area contributed by atoms with Gasteiger partial charge in [-0.3, -0.25) is 0 Å². The summed E-state index contributed by atoms with van der Waals surface area (Å²) < 4.78 is 0. The maximum Gasteiger partial charge on any atom is 0.00861 e. The Kier molecular flexibility index (Phi) is 4.32. The summed E-state index contributed by atoms with van der Waals surface area (Å²) in [7, 11) is 0. The molecule has 74 valence electrons. The van der Waals surface area contributed by atoms with Gasteiger partial charge in [0.1, 0.15) is 0 Å². The summed E-state index contributed by atoms with van der Waals surface area (Å²) in [5.41, 5.74) is 5.95. The van der Waals surface area contributed by atoms with Gasteiger partial charge in [0.2, 0.25) is 0 Å². The summed E-state index contributed by atoms with van der Waals surface area (Å²) in [6, 6.07) is 0.451. The quantitative estimate of drug-likeness (QED) is 0.523. The molecule has 0 aromatic rings. The van der Waals surface area contributed by atoms with Gasteiger partial charge in [0.25, 0.3) is 0 Å². The first-order valence-electron chi connectivity index (χ1n) is 5.43. The maximum atomic E-state index is 5.95. The van der Waals surface area contributed by atoms with Crippen molar-refractivity contribution in [3.63, 3.8) is 0 Å². The fraction of sp³-hybridized carbons (Fsp3) is 0.833. The average molecular weight is 179 g/mol. The van der Waals surface area contributed by atoms with E-state index in [0.717, 1.165) is 18.3 Å². The van der Waals surface area contributed by atoms with Crippen LogP contribution in [0, 0.1) is 24.2 Å². The van der Waals surface area contributed by atoms with Crippen molar-refractivity contribution in [2.24, 2.45) is 17.6 Å². The zero-order valence-corrected chi connectivity index (χ0v) is 8.63. The van der Waals surface area contributed by atoms with Gasteiger partial charge < -0.3 is 5.73 Å². The predicted molar refractivity (Wildman–Crippen MR) is 57.2 cm³/mol. The van der Waals surface area contributed by atoms with Gasteiger partial charge in [0.05, 0.1) is 0 Å². The summed E-state index contributed by atoms with van der Waals surface area (Å²) in [5.74, 6) is 4.39. The lowest BCUT2D eigenvalue weighted by molar-refractivity contribution is 0.217. The van der Waals surface area contributed by atoms with Gasteiger partial charge >= 0.3 is 0 Å². The summed E-state index contributed by atoms with van der Waals surface area (Å²) in [5, 5.41) is 0. The van der Waals surface area contributed by atoms with Crippen molar-refractivity contribution in [2.45, 2.75) is 51.5 Å². The van der Waals surface area contributed by atoms with E-state index in [-0.39, 0.29) is 0 Å². The van der Waals surface area contributed by atoms with Crippen LogP contribution in [-0.2, 0) is 0 Å². The first-order valence-corrected chi connectivity index (χ1v) is 5.43. The van der Waals surface area contributed by atoms with Crippen molar-refractivity contribution in [2.75, 3.05) is 0 Å². The first kappa shape index (κ1) is 10.6. The Hall–Kier alpha value is -0.480. The van der Waals surface area contributed by atoms with Gasteiger partial charge in [-0.15, -0.1) is 12.3 Å². The van der Waals surface area contributed by atoms with Crippen LogP contribution in [0.15, 0.2) is 0 Å². The molecular formula is C12H21N. The SMILES string of the molecule is C#CCCCC1CC(N)CCC1C. The van der Waals surface area contributed by atoms with Gasteiger partial charge in [0, 0.05) is 12.5 Å². The van der Waals surface area contributed by atoms with E-state index in [9.17, 15) is 0 Å². The van der Waals surface area contributed by atoms with Crippen LogP contribution in [-0.4, -0.2) is 6.04 Å². The van der Waals surface area contributed by atoms with E-state index in [1.165, 1.54) is 32.1 Å². The summed E-state index contributed by atoms with van der Waals surface area (Å²) in [4.78, 5) is 0. The van der Waals surface area contributed by atoms with Gasteiger partial charge in [0.15, 0.2) is 0 Å². The lowest BCUT2D eigenvalue weighted by atomic mass is 9.76. The second-order valence-electron chi connectivity index (χ2n) is 4.41. The van der Waals surface area contributed by atoms with Crippen LogP contribution in [0.5, 0.6) is 0 Å². The van der Waals surface area contributed by atoms with Gasteiger partial charge in [-0.25, -0.2) is 0 Å². The molecule has 3 unspecified atom stereocenters. The molecule has 0 aromatic heterocycles. The third kappa shape index (κ3) is 3.40. The van der Waals surface area contributed by atoms with Crippen molar-refractivity contribution < 1.29 is 0 Å². The highest BCUT2D eigenvalue weighted by Gasteiger charge is 2.24. The predicted octanol–water partition coefficient (Wildman–Crippen LogP) is 2.55. The highest BCUT2D eigenvalue weighted by Crippen LogP contribution is 2.32. The Morgan fingerprint density at radius 3 is 2.92 bits per heavy atom. The van der Waals surface area contributed by atoms with Gasteiger partial charge in [-0.2, -0.15) is 0 Å². The van der Waals surface area contributed by atoms with E-state index in [1.54, 1.807) is 0 Å². The Bertz CT molecular complexity index is 180. The van der Waals surface area contributed by atoms with Crippen LogP contribution in [0.25, 0.3) is 0 Å². The highest BCUT2D eigenvalue weighted by atomic mass is 14.6. The number of hydrogen-bond donors (Lipinski definition) is 1. The van der Waals surface area contributed by atoms with Crippen molar-refractivity contribution in [3.8, 4) is 12.3 Å². The zero-order chi connectivity index (χ0) is 9.68. The molecule has 0 aromatic carbocycles. The molecule has 0 radical (unpaired) electrons. The largest absolute Gasteiger partial charge is 0.328 e. The monoisotopic (exact) mass is 179 g/mol. The normalized spacial score (nSPS) is 34.1. The molecule has 1 saturated carbocycles. The molecular weight excluding hydrogens is 158 g/mol. The second-order valence-corrected chi connectivity index (χ2v) is 4.41. The second kappa shape index (κ2) is 5.29. The molecule has 1 aliphatic rings. The standard InChI is InChI=1S/C12H21N/c1-3-4-5-6-11-9-12(13)8-7-10(11)2/h1,10-12H,4-9,13H2,2H3. The van der Waals surface area contributed by atoms with E-state index < -0.39 is 0 Å². The fourth-order valence-corrected chi connectivity index (χ4v) is 2.32. The number of rotatable bonds is 3. The number of unbranched alkanes of at least 4 members (excludes halogenated alkanes) is 1. The molecule has 1 fully saturated rings. The van der Waals surface area contributed by atoms with Crippen LogP contribution >= 0.6 is 0 Å². The Labute approximate surface area is 82.1 Å². The van der Waals surface area contributed by atoms with E-state index in [2.05, 4.69) is 12.8 Å². The number of nitrogens with two attached hydrogens (primary N) is 1. The van der Waals surface area contributed by atoms with Crippen LogP contribution in [0.1, 0.15) is 45.4 Å². The van der Waals surface area contributed by atoms with Crippen molar-refractivity contribution in [1.82, 2.24) is 0 Å². The molecule has 0 heterocycles. The molecule has 13 heavy (non-hydrogen) atoms. The molecule has 3 atom stereocenters. The van der Waals surface area contributed by atoms with E-state index in [1.807, 2.05) is 0 Å². The molecule has 0 aliphatic heterocycles. The summed E-state index contributed by atoms with van der Waals surface area (Å²) >= 11 is 0. The minimum absolute atomic E-state index is 0.451. The van der Waals surface area contributed by atoms with Crippen LogP contribution in [0.3, 0.4) is 0 Å². The van der Waals surface area contributed by atoms with Crippen LogP contribution in [0.2, 0.25) is 0 Å². The summed E-state index contributed by atoms with van der Waals surface area (Å²) in [6.07, 6.45) is 12.4. The number of terminal acetylenes is 1. The van der Waals surface area contributed by atoms with Crippen LogP contribution in [0.4, 0.5) is 0 Å². The third-order valence-electron chi connectivity index (χ3n) is 3.30. The fourth-order valence-electron chi connectivity index (χ4n) is 2.32. The molecule has 1 heteroatoms. The highest BCUT2D eigenvalue weighted by molar-refractivity contribution is 4.85. The Morgan fingerprint density at radius 2 is 2.23 bits per heavy atom. The minimum atomic E-state index is 0.451. The van der Waals surface area contributed by atoms with Gasteiger partial charge in [-0.05, 0) is 43.9 Å². The van der Waals surface area contributed by atoms with E-state index >= 15 is 0 Å². The zero-order valence-electron chi connectivity index (χ0n) is 8.63. The minimum Gasteiger partial charge on any atom is -0.328 e. The van der Waals surface area contributed by atoms with Crippen molar-refractivity contribution in [1.29, 1.82) is 0 Å². The smallest absolute Gasteiger partial charge is 0.00861 e. The molecule has 0 saturated heterocycles. The Morgan fingerprint density at radius 1 is 1.46 bits per heavy atom. The molecule has 0 amide bonds. The summed E-state index contributed by atoms with van der Waals surface area (Å²) in [6.45, 7) is 2.35. The van der Waals surface area contributed by atoms with E-state index in [4.69, 9.17) is 12.2 Å². The topological polar surface area (TPSA) is 26.0 Å². The van der Waals surface area contributed by atoms with Crippen molar-refractivity contribution >= 4 is 0 Å². The third-order valence-corrected chi connectivity index (χ3v) is 3.30. The Balaban J connectivity index is 2.26. The molecule has 1 rings (SSSR count). The molecule has 1 nitrogen and oxygen atoms in total.